The molecule has 1 aliphatic rings. The van der Waals surface area contributed by atoms with Crippen molar-refractivity contribution < 1.29 is 29.7 Å². The first-order valence-corrected chi connectivity index (χ1v) is 6.29. The van der Waals surface area contributed by atoms with Gasteiger partial charge in [-0.2, -0.15) is 0 Å². The van der Waals surface area contributed by atoms with E-state index in [1.165, 1.54) is 38.2 Å². The van der Waals surface area contributed by atoms with Crippen LogP contribution in [0.1, 0.15) is 39.6 Å². The molecule has 0 unspecified atom stereocenters. The van der Waals surface area contributed by atoms with Crippen LogP contribution < -0.4 is 5.32 Å². The van der Waals surface area contributed by atoms with E-state index in [1.54, 1.807) is 6.92 Å². The molecule has 1 saturated heterocycles. The van der Waals surface area contributed by atoms with Gasteiger partial charge in [-0.05, 0) is 24.6 Å². The molecule has 0 aliphatic carbocycles. The van der Waals surface area contributed by atoms with E-state index in [0.717, 1.165) is 0 Å². The molecule has 7 nitrogen and oxygen atoms in total. The Morgan fingerprint density at radius 1 is 1.05 bits per heavy atom. The molecular weight excluding hydrogens is 278 g/mol. The van der Waals surface area contributed by atoms with Crippen LogP contribution in [0.2, 0.25) is 0 Å². The van der Waals surface area contributed by atoms with Crippen molar-refractivity contribution in [2.24, 2.45) is 0 Å². The van der Waals surface area contributed by atoms with Crippen molar-refractivity contribution in [3.8, 4) is 0 Å². The number of aliphatic carboxylic acids is 1. The Balaban J connectivity index is 0.000000408. The van der Waals surface area contributed by atoms with Gasteiger partial charge in [-0.15, -0.1) is 0 Å². The van der Waals surface area contributed by atoms with E-state index in [1.807, 2.05) is 0 Å². The zero-order valence-electron chi connectivity index (χ0n) is 11.9. The average molecular weight is 297 g/mol. The summed E-state index contributed by atoms with van der Waals surface area (Å²) < 4.78 is 0. The third-order valence-electron chi connectivity index (χ3n) is 2.35. The smallest absolute Gasteiger partial charge is 0.335 e. The number of aromatic carboxylic acids is 2. The van der Waals surface area contributed by atoms with Gasteiger partial charge in [-0.1, -0.05) is 13.0 Å². The van der Waals surface area contributed by atoms with E-state index in [2.05, 4.69) is 5.32 Å². The SMILES string of the molecule is C1CN1.CCC(=O)O.Cc1c(C(=O)O)cccc1C(=O)O. The van der Waals surface area contributed by atoms with E-state index >= 15 is 0 Å². The standard InChI is InChI=1S/C9H8O4.C3H6O2.C2H5N/c1-5-6(8(10)11)3-2-4-7(5)9(12)13;1-2-3(4)5;1-2-3-1/h2-4H,1H3,(H,10,11)(H,12,13);2H2,1H3,(H,4,5);3H,1-2H2. The quantitative estimate of drug-likeness (QED) is 0.620. The molecule has 4 N–H and O–H groups in total. The maximum atomic E-state index is 10.6. The molecule has 7 heteroatoms. The van der Waals surface area contributed by atoms with Crippen molar-refractivity contribution in [2.75, 3.05) is 13.1 Å². The molecular formula is C14H19NO6. The van der Waals surface area contributed by atoms with Crippen LogP contribution >= 0.6 is 0 Å². The molecule has 0 saturated carbocycles. The molecule has 21 heavy (non-hydrogen) atoms. The molecule has 1 heterocycles. The van der Waals surface area contributed by atoms with Crippen LogP contribution in [0.3, 0.4) is 0 Å². The first-order valence-electron chi connectivity index (χ1n) is 6.29. The Kier molecular flexibility index (Phi) is 8.40. The summed E-state index contributed by atoms with van der Waals surface area (Å²) in [7, 11) is 0. The molecule has 1 aliphatic heterocycles. The molecule has 1 aromatic carbocycles. The van der Waals surface area contributed by atoms with Crippen molar-refractivity contribution in [1.29, 1.82) is 0 Å². The fourth-order valence-corrected chi connectivity index (χ4v) is 1.10. The number of hydrogen-bond acceptors (Lipinski definition) is 4. The number of carbonyl (C=O) groups is 3. The first-order chi connectivity index (χ1) is 9.81. The normalized spacial score (nSPS) is 11.1. The van der Waals surface area contributed by atoms with Gasteiger partial charge in [0, 0.05) is 19.5 Å². The second-order valence-corrected chi connectivity index (χ2v) is 4.09. The average Bonchev–Trinajstić information content (AvgIpc) is 3.27. The summed E-state index contributed by atoms with van der Waals surface area (Å²) in [6.07, 6.45) is 0.222. The van der Waals surface area contributed by atoms with Gasteiger partial charge in [0.05, 0.1) is 11.1 Å². The van der Waals surface area contributed by atoms with E-state index in [9.17, 15) is 14.4 Å². The third-order valence-corrected chi connectivity index (χ3v) is 2.35. The summed E-state index contributed by atoms with van der Waals surface area (Å²) in [5.74, 6) is -2.97. The van der Waals surface area contributed by atoms with E-state index in [4.69, 9.17) is 15.3 Å². The lowest BCUT2D eigenvalue weighted by atomic mass is 10.0. The van der Waals surface area contributed by atoms with Crippen LogP contribution in [0.25, 0.3) is 0 Å². The second kappa shape index (κ2) is 9.49. The van der Waals surface area contributed by atoms with Gasteiger partial charge in [0.2, 0.25) is 0 Å². The number of carboxylic acid groups (broad SMARTS) is 3. The Morgan fingerprint density at radius 2 is 1.38 bits per heavy atom. The summed E-state index contributed by atoms with van der Waals surface area (Å²) >= 11 is 0. The van der Waals surface area contributed by atoms with Gasteiger partial charge in [0.25, 0.3) is 0 Å². The van der Waals surface area contributed by atoms with E-state index in [-0.39, 0.29) is 23.1 Å². The predicted octanol–water partition coefficient (Wildman–Crippen LogP) is 1.46. The zero-order valence-corrected chi connectivity index (χ0v) is 11.9. The summed E-state index contributed by atoms with van der Waals surface area (Å²) in [6, 6.07) is 4.17. The topological polar surface area (TPSA) is 134 Å². The monoisotopic (exact) mass is 297 g/mol. The predicted molar refractivity (Wildman–Crippen MR) is 75.9 cm³/mol. The summed E-state index contributed by atoms with van der Waals surface area (Å²) in [4.78, 5) is 30.6. The van der Waals surface area contributed by atoms with Gasteiger partial charge < -0.3 is 20.6 Å². The minimum Gasteiger partial charge on any atom is -0.481 e. The van der Waals surface area contributed by atoms with Crippen LogP contribution in [0, 0.1) is 6.92 Å². The molecule has 116 valence electrons. The summed E-state index contributed by atoms with van der Waals surface area (Å²) in [5.41, 5.74) is 0.335. The van der Waals surface area contributed by atoms with Crippen LogP contribution in [-0.4, -0.2) is 46.3 Å². The third kappa shape index (κ3) is 8.38. The molecule has 0 aromatic heterocycles. The van der Waals surface area contributed by atoms with Gasteiger partial charge in [0.15, 0.2) is 0 Å². The lowest BCUT2D eigenvalue weighted by Gasteiger charge is -2.03. The maximum Gasteiger partial charge on any atom is 0.335 e. The molecule has 0 radical (unpaired) electrons. The fourth-order valence-electron chi connectivity index (χ4n) is 1.10. The van der Waals surface area contributed by atoms with Crippen molar-refractivity contribution in [3.63, 3.8) is 0 Å². The highest BCUT2D eigenvalue weighted by atomic mass is 16.4. The van der Waals surface area contributed by atoms with Crippen molar-refractivity contribution in [2.45, 2.75) is 20.3 Å². The molecule has 2 rings (SSSR count). The first kappa shape index (κ1) is 18.6. The summed E-state index contributed by atoms with van der Waals surface area (Å²) in [6.45, 7) is 5.58. The molecule has 0 bridgehead atoms. The Labute approximate surface area is 122 Å². The zero-order chi connectivity index (χ0) is 16.4. The molecule has 0 amide bonds. The van der Waals surface area contributed by atoms with Gasteiger partial charge in [-0.3, -0.25) is 4.79 Å². The molecule has 1 aromatic rings. The second-order valence-electron chi connectivity index (χ2n) is 4.09. The van der Waals surface area contributed by atoms with Gasteiger partial charge in [-0.25, -0.2) is 9.59 Å². The lowest BCUT2D eigenvalue weighted by molar-refractivity contribution is -0.136. The highest BCUT2D eigenvalue weighted by Gasteiger charge is 2.13. The number of rotatable bonds is 3. The number of hydrogen-bond donors (Lipinski definition) is 4. The van der Waals surface area contributed by atoms with E-state index in [0.29, 0.717) is 0 Å². The minimum absolute atomic E-state index is 0.0277. The Hall–Kier alpha value is -2.41. The maximum absolute atomic E-state index is 10.6. The van der Waals surface area contributed by atoms with Crippen molar-refractivity contribution in [1.82, 2.24) is 5.32 Å². The van der Waals surface area contributed by atoms with Crippen LogP contribution in [0.4, 0.5) is 0 Å². The van der Waals surface area contributed by atoms with Gasteiger partial charge in [0.1, 0.15) is 0 Å². The van der Waals surface area contributed by atoms with E-state index < -0.39 is 17.9 Å². The van der Waals surface area contributed by atoms with Gasteiger partial charge >= 0.3 is 17.9 Å². The van der Waals surface area contributed by atoms with Crippen LogP contribution in [-0.2, 0) is 4.79 Å². The summed E-state index contributed by atoms with van der Waals surface area (Å²) in [5, 5.41) is 28.1. The molecule has 0 atom stereocenters. The largest absolute Gasteiger partial charge is 0.481 e. The highest BCUT2D eigenvalue weighted by molar-refractivity contribution is 5.96. The number of benzene rings is 1. The minimum atomic E-state index is -1.11. The number of nitrogens with one attached hydrogen (secondary N) is 1. The Bertz CT molecular complexity index is 475. The van der Waals surface area contributed by atoms with Crippen LogP contribution in [0.5, 0.6) is 0 Å². The lowest BCUT2D eigenvalue weighted by Crippen LogP contribution is -2.06. The fraction of sp³-hybridized carbons (Fsp3) is 0.357. The van der Waals surface area contributed by atoms with Crippen molar-refractivity contribution in [3.05, 3.63) is 34.9 Å². The van der Waals surface area contributed by atoms with Crippen molar-refractivity contribution >= 4 is 17.9 Å². The highest BCUT2D eigenvalue weighted by Crippen LogP contribution is 2.13. The Morgan fingerprint density at radius 3 is 1.57 bits per heavy atom. The molecule has 1 fully saturated rings. The van der Waals surface area contributed by atoms with Crippen LogP contribution in [0.15, 0.2) is 18.2 Å². The molecule has 0 spiro atoms. The number of carboxylic acids is 3.